The zero-order valence-corrected chi connectivity index (χ0v) is 27.4. The third-order valence-corrected chi connectivity index (χ3v) is 18.7. The van der Waals surface area contributed by atoms with Crippen LogP contribution in [-0.2, 0) is 17.7 Å². The van der Waals surface area contributed by atoms with E-state index < -0.39 is 59.0 Å². The van der Waals surface area contributed by atoms with Crippen LogP contribution in [0.2, 0.25) is 22.2 Å². The van der Waals surface area contributed by atoms with Crippen LogP contribution >= 0.6 is 0 Å². The quantitative estimate of drug-likeness (QED) is 0.353. The highest BCUT2D eigenvalue weighted by atomic mass is 28.5. The van der Waals surface area contributed by atoms with Crippen molar-refractivity contribution in [2.45, 2.75) is 115 Å². The first-order valence-electron chi connectivity index (χ1n) is 14.5. The number of hydrogen-bond acceptors (Lipinski definition) is 8. The number of carbonyl (C=O) groups excluding carboxylic acids is 1. The summed E-state index contributed by atoms with van der Waals surface area (Å²) in [6.07, 6.45) is -4.52. The Morgan fingerprint density at radius 1 is 0.854 bits per heavy atom. The van der Waals surface area contributed by atoms with Gasteiger partial charge in [-0.15, -0.1) is 0 Å². The highest BCUT2D eigenvalue weighted by molar-refractivity contribution is 6.84. The molecule has 2 saturated heterocycles. The molecule has 1 unspecified atom stereocenters. The number of aliphatic hydroxyl groups is 1. The molecule has 3 heterocycles. The summed E-state index contributed by atoms with van der Waals surface area (Å²) in [5.74, 6) is -0.310. The molecule has 2 aliphatic rings. The van der Waals surface area contributed by atoms with Gasteiger partial charge in [0.05, 0.1) is 0 Å². The summed E-state index contributed by atoms with van der Waals surface area (Å²) < 4.78 is 28.9. The number of aliphatic hydroxyl groups excluding tert-OH is 1. The van der Waals surface area contributed by atoms with Crippen LogP contribution in [0.3, 0.4) is 0 Å². The summed E-state index contributed by atoms with van der Waals surface area (Å²) in [5, 5.41) is 11.7. The van der Waals surface area contributed by atoms with Crippen LogP contribution in [0, 0.1) is 6.92 Å². The van der Waals surface area contributed by atoms with Crippen LogP contribution in [0.4, 0.5) is 0 Å². The maximum Gasteiger partial charge on any atom is 0.335 e. The molecule has 0 spiro atoms. The highest BCUT2D eigenvalue weighted by Gasteiger charge is 2.64. The van der Waals surface area contributed by atoms with Crippen molar-refractivity contribution >= 4 is 22.9 Å². The predicted octanol–water partition coefficient (Wildman–Crippen LogP) is 4.31. The lowest BCUT2D eigenvalue weighted by atomic mass is 9.97. The summed E-state index contributed by atoms with van der Waals surface area (Å²) in [7, 11) is -6.39. The second-order valence-electron chi connectivity index (χ2n) is 12.5. The van der Waals surface area contributed by atoms with Gasteiger partial charge in [0.15, 0.2) is 12.0 Å². The van der Waals surface area contributed by atoms with Gasteiger partial charge in [0.1, 0.15) is 24.4 Å². The standard InChI is InChI=1S/C29H44N2O8Si2/c1-16(2)40(17(3)4)37-25(23(33)21-12-10-20(9)11-13-21)27-26(38-41(39-40,18(5)6)19(7)8)24(34)28(36-27)31-15-14-22(32)30-29(31)35/h10-19,24-28,34H,1-9H3,(H,30,32,35)/t24-,25?,26+,27-,28-/m1/s1. The molecule has 1 aromatic carbocycles. The van der Waals surface area contributed by atoms with Crippen LogP contribution < -0.4 is 11.2 Å². The van der Waals surface area contributed by atoms with E-state index in [1.54, 1.807) is 12.1 Å². The minimum atomic E-state index is -3.21. The number of nitrogens with zero attached hydrogens (tertiary/aromatic N) is 1. The van der Waals surface area contributed by atoms with E-state index in [4.69, 9.17) is 17.7 Å². The van der Waals surface area contributed by atoms with E-state index in [1.807, 2.05) is 19.1 Å². The number of ketones is 1. The van der Waals surface area contributed by atoms with Crippen molar-refractivity contribution < 1.29 is 27.6 Å². The number of carbonyl (C=O) groups is 1. The molecule has 2 aromatic rings. The highest BCUT2D eigenvalue weighted by Crippen LogP contribution is 2.49. The molecule has 0 amide bonds. The minimum Gasteiger partial charge on any atom is -0.414 e. The molecular weight excluding hydrogens is 560 g/mol. The first-order chi connectivity index (χ1) is 19.1. The van der Waals surface area contributed by atoms with Gasteiger partial charge in [-0.25, -0.2) is 4.79 Å². The van der Waals surface area contributed by atoms with E-state index in [2.05, 4.69) is 60.4 Å². The van der Waals surface area contributed by atoms with Crippen LogP contribution in [0.1, 0.15) is 77.5 Å². The predicted molar refractivity (Wildman–Crippen MR) is 159 cm³/mol. The van der Waals surface area contributed by atoms with Crippen molar-refractivity contribution in [3.05, 3.63) is 68.5 Å². The topological polar surface area (TPSA) is 129 Å². The largest absolute Gasteiger partial charge is 0.414 e. The Hall–Kier alpha value is -2.20. The normalized spacial score (nSPS) is 27.7. The Morgan fingerprint density at radius 2 is 1.39 bits per heavy atom. The molecular formula is C29H44N2O8Si2. The Balaban J connectivity index is 1.94. The third-order valence-electron chi connectivity index (χ3n) is 8.44. The van der Waals surface area contributed by atoms with E-state index >= 15 is 0 Å². The first kappa shape index (κ1) is 31.7. The summed E-state index contributed by atoms with van der Waals surface area (Å²) in [6.45, 7) is 18.4. The summed E-state index contributed by atoms with van der Waals surface area (Å²) in [4.78, 5) is 41.0. The van der Waals surface area contributed by atoms with Gasteiger partial charge in [-0.2, -0.15) is 0 Å². The molecule has 0 bridgehead atoms. The van der Waals surface area contributed by atoms with Crippen molar-refractivity contribution in [3.8, 4) is 0 Å². The molecule has 0 saturated carbocycles. The van der Waals surface area contributed by atoms with E-state index in [9.17, 15) is 19.5 Å². The van der Waals surface area contributed by atoms with Gasteiger partial charge >= 0.3 is 22.8 Å². The zero-order valence-electron chi connectivity index (χ0n) is 25.4. The van der Waals surface area contributed by atoms with Gasteiger partial charge in [0.2, 0.25) is 0 Å². The molecule has 0 aliphatic carbocycles. The van der Waals surface area contributed by atoms with Crippen molar-refractivity contribution in [1.29, 1.82) is 0 Å². The lowest BCUT2D eigenvalue weighted by molar-refractivity contribution is -0.0827. The summed E-state index contributed by atoms with van der Waals surface area (Å²) >= 11 is 0. The molecule has 10 nitrogen and oxygen atoms in total. The van der Waals surface area contributed by atoms with E-state index in [0.717, 1.165) is 10.1 Å². The Labute approximate surface area is 243 Å². The number of aromatic amines is 1. The number of rotatable bonds is 7. The number of hydrogen-bond donors (Lipinski definition) is 2. The number of benzene rings is 1. The fourth-order valence-electron chi connectivity index (χ4n) is 6.12. The Kier molecular flexibility index (Phi) is 9.15. The first-order valence-corrected chi connectivity index (χ1v) is 18.4. The number of nitrogens with one attached hydrogen (secondary N) is 1. The van der Waals surface area contributed by atoms with Gasteiger partial charge in [-0.3, -0.25) is 19.1 Å². The Morgan fingerprint density at radius 3 is 1.90 bits per heavy atom. The van der Waals surface area contributed by atoms with E-state index in [-0.39, 0.29) is 27.9 Å². The average molecular weight is 605 g/mol. The zero-order chi connectivity index (χ0) is 30.4. The molecule has 5 atom stereocenters. The molecule has 1 aromatic heterocycles. The number of aryl methyl sites for hydroxylation is 1. The van der Waals surface area contributed by atoms with Gasteiger partial charge in [-0.05, 0) is 29.1 Å². The smallest absolute Gasteiger partial charge is 0.335 e. The van der Waals surface area contributed by atoms with Crippen LogP contribution in [-0.4, -0.2) is 62.0 Å². The lowest BCUT2D eigenvalue weighted by Crippen LogP contribution is -2.68. The van der Waals surface area contributed by atoms with Gasteiger partial charge in [-0.1, -0.05) is 85.2 Å². The van der Waals surface area contributed by atoms with Crippen molar-refractivity contribution in [2.24, 2.45) is 0 Å². The van der Waals surface area contributed by atoms with Gasteiger partial charge in [0, 0.05) is 17.8 Å². The number of Topliss-reactive ketones (excluding diaryl/α,β-unsaturated/α-hetero) is 1. The van der Waals surface area contributed by atoms with E-state index in [1.165, 1.54) is 12.3 Å². The SMILES string of the molecule is Cc1ccc(C(=O)C2O[Si](C(C)C)(C(C)C)O[Si](C(C)C)(C(C)C)O[C@H]3[C@@H](O)[C@H](n4ccc(=O)[nH]c4=O)O[C@H]23)cc1. The third kappa shape index (κ3) is 5.63. The lowest BCUT2D eigenvalue weighted by Gasteiger charge is -2.52. The van der Waals surface area contributed by atoms with Gasteiger partial charge in [0.25, 0.3) is 5.56 Å². The average Bonchev–Trinajstić information content (AvgIpc) is 3.18. The second kappa shape index (κ2) is 11.8. The monoisotopic (exact) mass is 604 g/mol. The van der Waals surface area contributed by atoms with E-state index in [0.29, 0.717) is 5.56 Å². The van der Waals surface area contributed by atoms with Crippen LogP contribution in [0.25, 0.3) is 0 Å². The van der Waals surface area contributed by atoms with Crippen molar-refractivity contribution in [2.75, 3.05) is 0 Å². The fourth-order valence-corrected chi connectivity index (χ4v) is 17.4. The van der Waals surface area contributed by atoms with Crippen molar-refractivity contribution in [1.82, 2.24) is 9.55 Å². The maximum atomic E-state index is 14.3. The second-order valence-corrected chi connectivity index (χ2v) is 21.3. The van der Waals surface area contributed by atoms with Crippen LogP contribution in [0.15, 0.2) is 46.1 Å². The Bertz CT molecular complexity index is 1340. The summed E-state index contributed by atoms with van der Waals surface area (Å²) in [6, 6.07) is 8.41. The molecule has 226 valence electrons. The minimum absolute atomic E-state index is 0.0254. The van der Waals surface area contributed by atoms with Crippen LogP contribution in [0.5, 0.6) is 0 Å². The molecule has 2 fully saturated rings. The molecule has 12 heteroatoms. The van der Waals surface area contributed by atoms with Gasteiger partial charge < -0.3 is 22.8 Å². The number of fused-ring (bicyclic) bond motifs is 1. The fraction of sp³-hybridized carbons (Fsp3) is 0.621. The maximum absolute atomic E-state index is 14.3. The van der Waals surface area contributed by atoms with Crippen molar-refractivity contribution in [3.63, 3.8) is 0 Å². The molecule has 4 rings (SSSR count). The number of aromatic nitrogens is 2. The molecule has 2 aliphatic heterocycles. The molecule has 2 N–H and O–H groups in total. The number of ether oxygens (including phenoxy) is 1. The molecule has 0 radical (unpaired) electrons. The summed E-state index contributed by atoms with van der Waals surface area (Å²) in [5.41, 5.74) is 0.0138. The number of H-pyrrole nitrogens is 1. The molecule has 41 heavy (non-hydrogen) atoms.